The molecule has 0 saturated heterocycles. The van der Waals surface area contributed by atoms with Gasteiger partial charge in [0.2, 0.25) is 5.91 Å². The van der Waals surface area contributed by atoms with Crippen LogP contribution in [0.2, 0.25) is 0 Å². The van der Waals surface area contributed by atoms with Gasteiger partial charge in [0.1, 0.15) is 0 Å². The number of hydrogen-bond donors (Lipinski definition) is 1. The molecule has 0 aliphatic rings. The molecule has 0 saturated carbocycles. The second-order valence-corrected chi connectivity index (χ2v) is 3.34. The molecular weight excluding hydrogens is 218 g/mol. The zero-order valence-corrected chi connectivity index (χ0v) is 8.04. The Labute approximate surface area is 79.9 Å². The molecule has 1 radical (unpaired) electrons. The normalized spacial score (nSPS) is 9.75. The fourth-order valence-electron chi connectivity index (χ4n) is 0.817. The van der Waals surface area contributed by atoms with Crippen LogP contribution >= 0.6 is 15.9 Å². The predicted molar refractivity (Wildman–Crippen MR) is 51.4 cm³/mol. The fourth-order valence-corrected chi connectivity index (χ4v) is 1.08. The Balaban J connectivity index is 2.53. The first-order chi connectivity index (χ1) is 5.68. The number of carbonyl (C=O) groups is 1. The van der Waals surface area contributed by atoms with Gasteiger partial charge in [-0.1, -0.05) is 28.1 Å². The maximum Gasteiger partial charge on any atom is 0.218 e. The molecule has 1 rings (SSSR count). The molecule has 0 fully saturated rings. The van der Waals surface area contributed by atoms with Crippen LogP contribution in [0, 0.1) is 6.42 Å². The molecule has 12 heavy (non-hydrogen) atoms. The number of nitrogens with two attached hydrogens (primary N) is 1. The molecule has 0 spiro atoms. The minimum Gasteiger partial charge on any atom is -0.370 e. The maximum absolute atomic E-state index is 10.4. The second kappa shape index (κ2) is 4.26. The third-order valence-corrected chi connectivity index (χ3v) is 1.94. The Morgan fingerprint density at radius 1 is 1.42 bits per heavy atom. The largest absolute Gasteiger partial charge is 0.370 e. The molecule has 0 aliphatic carbocycles. The standard InChI is InChI=1S/C9H9BrNO/c10-8-4-1-7(2-5-8)3-6-9(11)12/h1-5H,6H2,(H2,11,12). The average Bonchev–Trinajstić information content (AvgIpc) is 2.03. The van der Waals surface area contributed by atoms with E-state index in [2.05, 4.69) is 15.9 Å². The minimum absolute atomic E-state index is 0.293. The van der Waals surface area contributed by atoms with Gasteiger partial charge in [-0.05, 0) is 24.1 Å². The number of hydrogen-bond acceptors (Lipinski definition) is 1. The number of halogens is 1. The van der Waals surface area contributed by atoms with E-state index < -0.39 is 0 Å². The quantitative estimate of drug-likeness (QED) is 0.841. The van der Waals surface area contributed by atoms with Crippen molar-refractivity contribution >= 4 is 21.8 Å². The Bertz CT molecular complexity index is 268. The van der Waals surface area contributed by atoms with E-state index in [4.69, 9.17) is 5.73 Å². The Morgan fingerprint density at radius 2 is 2.00 bits per heavy atom. The van der Waals surface area contributed by atoms with Gasteiger partial charge in [0.25, 0.3) is 0 Å². The van der Waals surface area contributed by atoms with Crippen LogP contribution in [0.15, 0.2) is 28.7 Å². The number of benzene rings is 1. The molecule has 0 aromatic heterocycles. The van der Waals surface area contributed by atoms with Crippen molar-refractivity contribution in [2.24, 2.45) is 5.73 Å². The summed E-state index contributed by atoms with van der Waals surface area (Å²) in [4.78, 5) is 10.4. The molecule has 1 amide bonds. The zero-order chi connectivity index (χ0) is 8.97. The minimum atomic E-state index is -0.307. The summed E-state index contributed by atoms with van der Waals surface area (Å²) in [7, 11) is 0. The van der Waals surface area contributed by atoms with Gasteiger partial charge in [0.05, 0.1) is 0 Å². The highest BCUT2D eigenvalue weighted by Gasteiger charge is 1.96. The monoisotopic (exact) mass is 226 g/mol. The van der Waals surface area contributed by atoms with Crippen LogP contribution in [-0.2, 0) is 4.79 Å². The van der Waals surface area contributed by atoms with Crippen molar-refractivity contribution in [3.05, 3.63) is 40.7 Å². The first-order valence-electron chi connectivity index (χ1n) is 3.55. The first kappa shape index (κ1) is 9.26. The summed E-state index contributed by atoms with van der Waals surface area (Å²) in [5, 5.41) is 0. The van der Waals surface area contributed by atoms with Gasteiger partial charge in [-0.2, -0.15) is 0 Å². The van der Waals surface area contributed by atoms with E-state index in [-0.39, 0.29) is 5.91 Å². The third-order valence-electron chi connectivity index (χ3n) is 1.41. The van der Waals surface area contributed by atoms with Gasteiger partial charge in [0.15, 0.2) is 0 Å². The lowest BCUT2D eigenvalue weighted by molar-refractivity contribution is -0.117. The molecule has 1 aromatic carbocycles. The molecular formula is C9H9BrNO. The highest BCUT2D eigenvalue weighted by atomic mass is 79.9. The topological polar surface area (TPSA) is 43.1 Å². The molecule has 2 N–H and O–H groups in total. The van der Waals surface area contributed by atoms with E-state index in [1.165, 1.54) is 0 Å². The molecule has 3 heteroatoms. The van der Waals surface area contributed by atoms with Gasteiger partial charge in [-0.25, -0.2) is 0 Å². The molecule has 0 heterocycles. The second-order valence-electron chi connectivity index (χ2n) is 2.43. The van der Waals surface area contributed by atoms with Crippen LogP contribution in [0.1, 0.15) is 12.0 Å². The summed E-state index contributed by atoms with van der Waals surface area (Å²) in [6.45, 7) is 0. The van der Waals surface area contributed by atoms with E-state index in [1.54, 1.807) is 6.42 Å². The van der Waals surface area contributed by atoms with Gasteiger partial charge >= 0.3 is 0 Å². The zero-order valence-electron chi connectivity index (χ0n) is 6.46. The summed E-state index contributed by atoms with van der Waals surface area (Å²) < 4.78 is 1.03. The maximum atomic E-state index is 10.4. The predicted octanol–water partition coefficient (Wildman–Crippen LogP) is 1.88. The molecule has 2 nitrogen and oxygen atoms in total. The lowest BCUT2D eigenvalue weighted by Gasteiger charge is -1.97. The molecule has 0 bridgehead atoms. The molecule has 1 aromatic rings. The van der Waals surface area contributed by atoms with Gasteiger partial charge in [-0.3, -0.25) is 4.79 Å². The van der Waals surface area contributed by atoms with Crippen molar-refractivity contribution in [1.82, 2.24) is 0 Å². The van der Waals surface area contributed by atoms with E-state index in [0.717, 1.165) is 10.0 Å². The van der Waals surface area contributed by atoms with Crippen molar-refractivity contribution in [2.45, 2.75) is 6.42 Å². The number of carbonyl (C=O) groups excluding carboxylic acids is 1. The van der Waals surface area contributed by atoms with Crippen LogP contribution in [0.4, 0.5) is 0 Å². The molecule has 0 atom stereocenters. The summed E-state index contributed by atoms with van der Waals surface area (Å²) in [5.74, 6) is -0.307. The lowest BCUT2D eigenvalue weighted by Crippen LogP contribution is -2.10. The number of rotatable bonds is 3. The smallest absolute Gasteiger partial charge is 0.218 e. The summed E-state index contributed by atoms with van der Waals surface area (Å²) in [5.41, 5.74) is 6.00. The van der Waals surface area contributed by atoms with Crippen LogP contribution in [0.5, 0.6) is 0 Å². The van der Waals surface area contributed by atoms with E-state index >= 15 is 0 Å². The van der Waals surface area contributed by atoms with Crippen LogP contribution in [0.3, 0.4) is 0 Å². The summed E-state index contributed by atoms with van der Waals surface area (Å²) >= 11 is 3.32. The van der Waals surface area contributed by atoms with Gasteiger partial charge in [0, 0.05) is 10.9 Å². The van der Waals surface area contributed by atoms with Crippen molar-refractivity contribution in [3.63, 3.8) is 0 Å². The van der Waals surface area contributed by atoms with E-state index in [0.29, 0.717) is 6.42 Å². The van der Waals surface area contributed by atoms with Crippen molar-refractivity contribution < 1.29 is 4.79 Å². The Kier molecular flexibility index (Phi) is 3.29. The Hall–Kier alpha value is -0.830. The number of primary amides is 1. The van der Waals surface area contributed by atoms with Crippen LogP contribution in [-0.4, -0.2) is 5.91 Å². The molecule has 0 unspecified atom stereocenters. The van der Waals surface area contributed by atoms with E-state index in [9.17, 15) is 4.79 Å². The third kappa shape index (κ3) is 3.05. The van der Waals surface area contributed by atoms with Crippen LogP contribution < -0.4 is 5.73 Å². The number of amides is 1. The van der Waals surface area contributed by atoms with Gasteiger partial charge < -0.3 is 5.73 Å². The van der Waals surface area contributed by atoms with Gasteiger partial charge in [-0.15, -0.1) is 0 Å². The average molecular weight is 227 g/mol. The van der Waals surface area contributed by atoms with Crippen molar-refractivity contribution in [2.75, 3.05) is 0 Å². The highest BCUT2D eigenvalue weighted by molar-refractivity contribution is 9.10. The first-order valence-corrected chi connectivity index (χ1v) is 4.35. The molecule has 63 valence electrons. The lowest BCUT2D eigenvalue weighted by atomic mass is 10.1. The van der Waals surface area contributed by atoms with E-state index in [1.807, 2.05) is 24.3 Å². The molecule has 0 aliphatic heterocycles. The summed E-state index contributed by atoms with van der Waals surface area (Å²) in [6.07, 6.45) is 2.09. The SMILES string of the molecule is NC(=O)C[CH]c1ccc(Br)cc1. The van der Waals surface area contributed by atoms with Crippen molar-refractivity contribution in [1.29, 1.82) is 0 Å². The Morgan fingerprint density at radius 3 is 2.50 bits per heavy atom. The fraction of sp³-hybridized carbons (Fsp3) is 0.111. The highest BCUT2D eigenvalue weighted by Crippen LogP contribution is 2.12. The van der Waals surface area contributed by atoms with Crippen molar-refractivity contribution in [3.8, 4) is 0 Å². The summed E-state index contributed by atoms with van der Waals surface area (Å²) in [6, 6.07) is 7.69. The van der Waals surface area contributed by atoms with Crippen LogP contribution in [0.25, 0.3) is 0 Å².